The van der Waals surface area contributed by atoms with Gasteiger partial charge in [0.25, 0.3) is 10.1 Å². The number of aryl methyl sites for hydroxylation is 1. The number of ether oxygens (including phenoxy) is 6. The van der Waals surface area contributed by atoms with Crippen LogP contribution in [-0.4, -0.2) is 78.4 Å². The summed E-state index contributed by atoms with van der Waals surface area (Å²) in [6, 6.07) is 16.7. The molecule has 0 radical (unpaired) electrons. The summed E-state index contributed by atoms with van der Waals surface area (Å²) in [5.41, 5.74) is 5.71. The van der Waals surface area contributed by atoms with Crippen LogP contribution in [0, 0.1) is 0 Å². The fourth-order valence-electron chi connectivity index (χ4n) is 7.78. The summed E-state index contributed by atoms with van der Waals surface area (Å²) in [5.74, 6) is 3.60. The Morgan fingerprint density at radius 1 is 0.706 bits per heavy atom. The molecular formula is C39H44N2O9S. The molecule has 6 bridgehead atoms. The van der Waals surface area contributed by atoms with Gasteiger partial charge in [-0.3, -0.25) is 14.4 Å². The Balaban J connectivity index is 1.49. The minimum Gasteiger partial charge on any atom is -0.493 e. The molecule has 0 unspecified atom stereocenters. The Morgan fingerprint density at radius 2 is 1.33 bits per heavy atom. The monoisotopic (exact) mass is 716 g/mol. The highest BCUT2D eigenvalue weighted by Crippen LogP contribution is 2.52. The lowest BCUT2D eigenvalue weighted by Crippen LogP contribution is -2.34. The van der Waals surface area contributed by atoms with E-state index < -0.39 is 16.2 Å². The number of benzene rings is 4. The third kappa shape index (κ3) is 6.57. The van der Waals surface area contributed by atoms with E-state index in [1.54, 1.807) is 27.4 Å². The normalized spacial score (nSPS) is 19.0. The second-order valence-electron chi connectivity index (χ2n) is 13.4. The molecular weight excluding hydrogens is 673 g/mol. The lowest BCUT2D eigenvalue weighted by Gasteiger charge is -2.37. The first-order chi connectivity index (χ1) is 24.5. The first kappa shape index (κ1) is 34.9. The number of fused-ring (bicyclic) bond motifs is 3. The van der Waals surface area contributed by atoms with Gasteiger partial charge in [0.05, 0.1) is 28.4 Å². The van der Waals surface area contributed by atoms with Crippen molar-refractivity contribution in [3.8, 4) is 46.0 Å². The van der Waals surface area contributed by atoms with Crippen molar-refractivity contribution in [3.63, 3.8) is 0 Å². The molecule has 2 atom stereocenters. The smallest absolute Gasteiger partial charge is 0.294 e. The Kier molecular flexibility index (Phi) is 9.53. The van der Waals surface area contributed by atoms with Crippen LogP contribution in [0.5, 0.6) is 46.0 Å². The second-order valence-corrected chi connectivity index (χ2v) is 14.8. The average Bonchev–Trinajstić information content (AvgIpc) is 3.11. The molecule has 8 rings (SSSR count). The summed E-state index contributed by atoms with van der Waals surface area (Å²) in [6.07, 6.45) is 3.46. The number of hydrogen-bond donors (Lipinski definition) is 1. The van der Waals surface area contributed by atoms with Gasteiger partial charge < -0.3 is 28.4 Å². The molecule has 1 N–H and O–H groups in total. The van der Waals surface area contributed by atoms with Crippen LogP contribution < -0.4 is 28.4 Å². The van der Waals surface area contributed by atoms with Crippen LogP contribution in [0.3, 0.4) is 0 Å². The van der Waals surface area contributed by atoms with Crippen LogP contribution in [-0.2, 0) is 35.8 Å². The van der Waals surface area contributed by atoms with Gasteiger partial charge in [-0.1, -0.05) is 12.1 Å². The molecule has 0 amide bonds. The quantitative estimate of drug-likeness (QED) is 0.220. The molecule has 0 spiro atoms. The highest BCUT2D eigenvalue weighted by molar-refractivity contribution is 7.85. The van der Waals surface area contributed by atoms with E-state index in [4.69, 9.17) is 28.4 Å². The van der Waals surface area contributed by atoms with E-state index in [0.29, 0.717) is 58.8 Å². The van der Waals surface area contributed by atoms with E-state index in [9.17, 15) is 13.0 Å². The number of likely N-dealkylation sites (N-methyl/N-ethyl adjacent to an activating group) is 2. The van der Waals surface area contributed by atoms with Crippen molar-refractivity contribution in [2.24, 2.45) is 0 Å². The van der Waals surface area contributed by atoms with Gasteiger partial charge in [-0.05, 0) is 110 Å². The first-order valence-corrected chi connectivity index (χ1v) is 18.5. The van der Waals surface area contributed by atoms with Gasteiger partial charge in [-0.2, -0.15) is 8.42 Å². The molecule has 4 aliphatic heterocycles. The molecule has 0 aliphatic carbocycles. The zero-order valence-electron chi connectivity index (χ0n) is 29.8. The van der Waals surface area contributed by atoms with Gasteiger partial charge >= 0.3 is 0 Å². The minimum atomic E-state index is -4.66. The average molecular weight is 717 g/mol. The van der Waals surface area contributed by atoms with Crippen LogP contribution in [0.1, 0.15) is 51.9 Å². The van der Waals surface area contributed by atoms with E-state index in [2.05, 4.69) is 29.0 Å². The van der Waals surface area contributed by atoms with Crippen LogP contribution in [0.2, 0.25) is 0 Å². The fourth-order valence-corrected chi connectivity index (χ4v) is 8.51. The summed E-state index contributed by atoms with van der Waals surface area (Å²) >= 11 is 0. The fraction of sp³-hybridized carbons (Fsp3) is 0.385. The third-order valence-electron chi connectivity index (χ3n) is 10.5. The highest BCUT2D eigenvalue weighted by Gasteiger charge is 2.36. The summed E-state index contributed by atoms with van der Waals surface area (Å²) in [7, 11) is 5.73. The molecule has 0 saturated carbocycles. The predicted molar refractivity (Wildman–Crippen MR) is 192 cm³/mol. The summed E-state index contributed by atoms with van der Waals surface area (Å²) in [4.78, 5) is 4.28. The van der Waals surface area contributed by atoms with Gasteiger partial charge in [0, 0.05) is 36.8 Å². The second kappa shape index (κ2) is 13.9. The van der Waals surface area contributed by atoms with Crippen molar-refractivity contribution in [3.05, 3.63) is 88.0 Å². The maximum absolute atomic E-state index is 12.9. The Hall–Kier alpha value is -4.49. The molecule has 4 heterocycles. The summed E-state index contributed by atoms with van der Waals surface area (Å²) < 4.78 is 73.0. The van der Waals surface area contributed by atoms with Crippen molar-refractivity contribution >= 4 is 10.1 Å². The maximum atomic E-state index is 12.9. The predicted octanol–water partition coefficient (Wildman–Crippen LogP) is 6.80. The Bertz CT molecular complexity index is 2070. The number of rotatable bonds is 5. The van der Waals surface area contributed by atoms with Gasteiger partial charge in [0.15, 0.2) is 34.5 Å². The molecule has 0 fully saturated rings. The highest BCUT2D eigenvalue weighted by atomic mass is 32.2. The van der Waals surface area contributed by atoms with Crippen LogP contribution >= 0.6 is 0 Å². The van der Waals surface area contributed by atoms with E-state index in [1.165, 1.54) is 24.3 Å². The molecule has 4 aromatic rings. The van der Waals surface area contributed by atoms with Crippen molar-refractivity contribution in [2.45, 2.75) is 49.1 Å². The van der Waals surface area contributed by atoms with Gasteiger partial charge in [0.2, 0.25) is 5.75 Å². The molecule has 270 valence electrons. The third-order valence-corrected chi connectivity index (χ3v) is 11.4. The topological polar surface area (TPSA) is 116 Å². The first-order valence-electron chi connectivity index (χ1n) is 17.0. The maximum Gasteiger partial charge on any atom is 0.294 e. The van der Waals surface area contributed by atoms with Crippen LogP contribution in [0.15, 0.2) is 59.5 Å². The minimum absolute atomic E-state index is 0.143. The molecule has 0 saturated heterocycles. The van der Waals surface area contributed by atoms with Crippen molar-refractivity contribution < 1.29 is 41.4 Å². The van der Waals surface area contributed by atoms with E-state index in [1.807, 2.05) is 37.4 Å². The van der Waals surface area contributed by atoms with Crippen molar-refractivity contribution in [2.75, 3.05) is 55.6 Å². The molecule has 0 aromatic heterocycles. The van der Waals surface area contributed by atoms with Crippen LogP contribution in [0.4, 0.5) is 0 Å². The lowest BCUT2D eigenvalue weighted by molar-refractivity contribution is 0.216. The zero-order chi connectivity index (χ0) is 36.0. The Morgan fingerprint density at radius 3 is 2.00 bits per heavy atom. The molecule has 4 aromatic carbocycles. The Labute approximate surface area is 299 Å². The van der Waals surface area contributed by atoms with Gasteiger partial charge in [0.1, 0.15) is 10.6 Å². The van der Waals surface area contributed by atoms with E-state index in [0.717, 1.165) is 42.5 Å². The largest absolute Gasteiger partial charge is 0.493 e. The van der Waals surface area contributed by atoms with Crippen molar-refractivity contribution in [1.82, 2.24) is 9.80 Å². The van der Waals surface area contributed by atoms with Gasteiger partial charge in [-0.15, -0.1) is 0 Å². The van der Waals surface area contributed by atoms with E-state index >= 15 is 0 Å². The zero-order valence-corrected chi connectivity index (χ0v) is 30.6. The number of methoxy groups -OCH3 is 4. The van der Waals surface area contributed by atoms with Gasteiger partial charge in [-0.25, -0.2) is 0 Å². The number of nitrogens with zero attached hydrogens (tertiary/aromatic N) is 2. The molecule has 4 aliphatic rings. The summed E-state index contributed by atoms with van der Waals surface area (Å²) in [6.45, 7) is 1.60. The number of hydrogen-bond acceptors (Lipinski definition) is 10. The standard InChI is InChI=1S/C39H44N2O9S/c1-40-15-13-24-18-31(45-3)34-21-28(24)29(40)12-9-23-7-10-27(11-8-23)49-33-20-26(36(51(42,43)44)22-32(33)46-4)17-30-37-25(14-16-41(30)2)19-35(47-5)38(48-6)39(37)50-34/h7-8,10-11,18-22,29-30H,9,12-17H2,1-6H3,(H,42,43,44)/t29-,30-/m0/s1. The van der Waals surface area contributed by atoms with E-state index in [-0.39, 0.29) is 23.1 Å². The SMILES string of the molecule is COc1cc(S(=O)(=O)O)c2cc1Oc1ccc(cc1)CC[C@H]1c3cc(c(OC)cc3CCN1C)Oc1c(OC)c(OC)cc3c1[C@H](C2)N(C)CC3. The lowest BCUT2D eigenvalue weighted by atomic mass is 9.87. The van der Waals surface area contributed by atoms with Crippen molar-refractivity contribution in [1.29, 1.82) is 0 Å². The summed E-state index contributed by atoms with van der Waals surface area (Å²) in [5, 5.41) is 0. The molecule has 51 heavy (non-hydrogen) atoms. The molecule has 12 heteroatoms. The molecule has 11 nitrogen and oxygen atoms in total. The van der Waals surface area contributed by atoms with Crippen LogP contribution in [0.25, 0.3) is 0 Å².